The van der Waals surface area contributed by atoms with Crippen molar-refractivity contribution in [1.82, 2.24) is 0 Å². The van der Waals surface area contributed by atoms with Crippen molar-refractivity contribution in [2.24, 2.45) is 5.73 Å². The summed E-state index contributed by atoms with van der Waals surface area (Å²) in [7, 11) is 0. The highest BCUT2D eigenvalue weighted by Crippen LogP contribution is 2.32. The number of hydrogen-bond acceptors (Lipinski definition) is 2. The summed E-state index contributed by atoms with van der Waals surface area (Å²) < 4.78 is 0. The maximum atomic E-state index is 6.55. The number of rotatable bonds is 5. The standard InChI is InChI=1S/C17H22N2/c1-3-19-16-12-8-7-11-15(16)17(2,18)13-14-9-5-4-6-10-14/h3,5,7-12,19H,1,4,6,13,18H2,2H3. The largest absolute Gasteiger partial charge is 0.362 e. The third-order valence-electron chi connectivity index (χ3n) is 3.44. The fourth-order valence-electron chi connectivity index (χ4n) is 2.54. The minimum absolute atomic E-state index is 0.389. The molecular weight excluding hydrogens is 232 g/mol. The van der Waals surface area contributed by atoms with Gasteiger partial charge in [0, 0.05) is 11.2 Å². The van der Waals surface area contributed by atoms with Crippen molar-refractivity contribution in [1.29, 1.82) is 0 Å². The van der Waals surface area contributed by atoms with Gasteiger partial charge in [0.05, 0.1) is 0 Å². The van der Waals surface area contributed by atoms with Gasteiger partial charge >= 0.3 is 0 Å². The van der Waals surface area contributed by atoms with Crippen LogP contribution >= 0.6 is 0 Å². The molecule has 2 heteroatoms. The van der Waals surface area contributed by atoms with Crippen molar-refractivity contribution < 1.29 is 0 Å². The topological polar surface area (TPSA) is 38.0 Å². The summed E-state index contributed by atoms with van der Waals surface area (Å²) in [4.78, 5) is 0. The van der Waals surface area contributed by atoms with Crippen LogP contribution < -0.4 is 11.1 Å². The Morgan fingerprint density at radius 2 is 2.16 bits per heavy atom. The Labute approximate surface area is 115 Å². The van der Waals surface area contributed by atoms with E-state index in [-0.39, 0.29) is 5.54 Å². The zero-order valence-corrected chi connectivity index (χ0v) is 11.5. The molecule has 0 amide bonds. The molecule has 1 aromatic rings. The molecule has 0 aromatic heterocycles. The Hall–Kier alpha value is -1.80. The molecule has 2 nitrogen and oxygen atoms in total. The molecule has 0 fully saturated rings. The van der Waals surface area contributed by atoms with Crippen LogP contribution in [0.2, 0.25) is 0 Å². The van der Waals surface area contributed by atoms with Crippen LogP contribution in [0.15, 0.2) is 60.8 Å². The average molecular weight is 254 g/mol. The molecule has 100 valence electrons. The average Bonchev–Trinajstić information content (AvgIpc) is 2.40. The predicted molar refractivity (Wildman–Crippen MR) is 82.9 cm³/mol. The number of nitrogens with one attached hydrogen (secondary N) is 1. The van der Waals surface area contributed by atoms with Gasteiger partial charge in [0.25, 0.3) is 0 Å². The first kappa shape index (κ1) is 13.6. The Balaban J connectivity index is 2.25. The molecule has 3 N–H and O–H groups in total. The molecule has 1 unspecified atom stereocenters. The molecule has 1 aliphatic rings. The van der Waals surface area contributed by atoms with E-state index < -0.39 is 0 Å². The van der Waals surface area contributed by atoms with E-state index >= 15 is 0 Å². The summed E-state index contributed by atoms with van der Waals surface area (Å²) in [6.45, 7) is 5.80. The predicted octanol–water partition coefficient (Wildman–Crippen LogP) is 4.08. The van der Waals surface area contributed by atoms with Crippen molar-refractivity contribution in [3.05, 3.63) is 66.4 Å². The van der Waals surface area contributed by atoms with E-state index in [4.69, 9.17) is 5.73 Å². The fraction of sp³-hybridized carbons (Fsp3) is 0.294. The third-order valence-corrected chi connectivity index (χ3v) is 3.44. The van der Waals surface area contributed by atoms with Gasteiger partial charge in [-0.1, -0.05) is 48.6 Å². The van der Waals surface area contributed by atoms with Gasteiger partial charge in [-0.2, -0.15) is 0 Å². The fourth-order valence-corrected chi connectivity index (χ4v) is 2.54. The highest BCUT2D eigenvalue weighted by atomic mass is 14.9. The highest BCUT2D eigenvalue weighted by molar-refractivity contribution is 5.56. The lowest BCUT2D eigenvalue weighted by Gasteiger charge is -2.28. The van der Waals surface area contributed by atoms with Crippen LogP contribution in [0.4, 0.5) is 5.69 Å². The zero-order chi connectivity index (χ0) is 13.7. The minimum atomic E-state index is -0.389. The molecule has 2 rings (SSSR count). The molecule has 0 saturated carbocycles. The SMILES string of the molecule is C=CNc1ccccc1C(C)(N)CC1=CCCC=C1. The molecule has 0 aliphatic heterocycles. The van der Waals surface area contributed by atoms with Crippen molar-refractivity contribution in [2.75, 3.05) is 5.32 Å². The first-order valence-electron chi connectivity index (χ1n) is 6.75. The van der Waals surface area contributed by atoms with Crippen molar-refractivity contribution in [3.63, 3.8) is 0 Å². The quantitative estimate of drug-likeness (QED) is 0.830. The second-order valence-electron chi connectivity index (χ2n) is 5.25. The third kappa shape index (κ3) is 3.36. The van der Waals surface area contributed by atoms with Crippen molar-refractivity contribution in [2.45, 2.75) is 31.7 Å². The molecule has 0 saturated heterocycles. The Bertz CT molecular complexity index is 510. The minimum Gasteiger partial charge on any atom is -0.362 e. The van der Waals surface area contributed by atoms with Crippen LogP contribution in [0, 0.1) is 0 Å². The first-order valence-corrected chi connectivity index (χ1v) is 6.75. The van der Waals surface area contributed by atoms with Crippen molar-refractivity contribution >= 4 is 5.69 Å². The van der Waals surface area contributed by atoms with Crippen LogP contribution in [0.1, 0.15) is 31.7 Å². The van der Waals surface area contributed by atoms with Crippen LogP contribution in [0.5, 0.6) is 0 Å². The van der Waals surface area contributed by atoms with Gasteiger partial charge in [0.2, 0.25) is 0 Å². The second kappa shape index (κ2) is 5.89. The molecular formula is C17H22N2. The molecule has 1 aromatic carbocycles. The lowest BCUT2D eigenvalue weighted by molar-refractivity contribution is 0.493. The second-order valence-corrected chi connectivity index (χ2v) is 5.25. The maximum absolute atomic E-state index is 6.55. The zero-order valence-electron chi connectivity index (χ0n) is 11.5. The number of anilines is 1. The lowest BCUT2D eigenvalue weighted by atomic mass is 9.84. The van der Waals surface area contributed by atoms with Gasteiger partial charge < -0.3 is 11.1 Å². The summed E-state index contributed by atoms with van der Waals surface area (Å²) in [5.41, 5.74) is 9.64. The molecule has 0 heterocycles. The Morgan fingerprint density at radius 3 is 2.84 bits per heavy atom. The number of para-hydroxylation sites is 1. The molecule has 1 aliphatic carbocycles. The summed E-state index contributed by atoms with van der Waals surface area (Å²) in [5.74, 6) is 0. The highest BCUT2D eigenvalue weighted by Gasteiger charge is 2.24. The smallest absolute Gasteiger partial charge is 0.0442 e. The molecule has 19 heavy (non-hydrogen) atoms. The van der Waals surface area contributed by atoms with Gasteiger partial charge in [-0.05, 0) is 44.0 Å². The van der Waals surface area contributed by atoms with E-state index in [2.05, 4.69) is 43.1 Å². The Kier molecular flexibility index (Phi) is 4.23. The molecule has 0 bridgehead atoms. The van der Waals surface area contributed by atoms with E-state index in [0.717, 1.165) is 30.5 Å². The summed E-state index contributed by atoms with van der Waals surface area (Å²) in [6, 6.07) is 8.15. The van der Waals surface area contributed by atoms with Gasteiger partial charge in [-0.3, -0.25) is 0 Å². The van der Waals surface area contributed by atoms with Gasteiger partial charge in [-0.15, -0.1) is 0 Å². The summed E-state index contributed by atoms with van der Waals surface area (Å²) in [5, 5.41) is 3.17. The number of nitrogens with two attached hydrogens (primary N) is 1. The van der Waals surface area contributed by atoms with Crippen LogP contribution in [0.3, 0.4) is 0 Å². The van der Waals surface area contributed by atoms with E-state index in [9.17, 15) is 0 Å². The number of benzene rings is 1. The maximum Gasteiger partial charge on any atom is 0.0442 e. The molecule has 0 radical (unpaired) electrons. The van der Waals surface area contributed by atoms with E-state index in [1.807, 2.05) is 18.2 Å². The molecule has 0 spiro atoms. The van der Waals surface area contributed by atoms with Gasteiger partial charge in [0.1, 0.15) is 0 Å². The first-order chi connectivity index (χ1) is 9.13. The Morgan fingerprint density at radius 1 is 1.37 bits per heavy atom. The van der Waals surface area contributed by atoms with Crippen LogP contribution in [0.25, 0.3) is 0 Å². The van der Waals surface area contributed by atoms with E-state index in [0.29, 0.717) is 0 Å². The normalized spacial score (nSPS) is 17.5. The monoisotopic (exact) mass is 254 g/mol. The van der Waals surface area contributed by atoms with Crippen LogP contribution in [-0.2, 0) is 5.54 Å². The van der Waals surface area contributed by atoms with E-state index in [1.54, 1.807) is 6.20 Å². The summed E-state index contributed by atoms with van der Waals surface area (Å²) >= 11 is 0. The van der Waals surface area contributed by atoms with Gasteiger partial charge in [-0.25, -0.2) is 0 Å². The lowest BCUT2D eigenvalue weighted by Crippen LogP contribution is -2.34. The van der Waals surface area contributed by atoms with Crippen molar-refractivity contribution in [3.8, 4) is 0 Å². The van der Waals surface area contributed by atoms with Crippen LogP contribution in [-0.4, -0.2) is 0 Å². The number of hydrogen-bond donors (Lipinski definition) is 2. The van der Waals surface area contributed by atoms with E-state index in [1.165, 1.54) is 5.57 Å². The number of allylic oxidation sites excluding steroid dienone is 3. The van der Waals surface area contributed by atoms with Gasteiger partial charge in [0.15, 0.2) is 0 Å². The summed E-state index contributed by atoms with van der Waals surface area (Å²) in [6.07, 6.45) is 11.5. The molecule has 1 atom stereocenters.